The van der Waals surface area contributed by atoms with Crippen LogP contribution in [0.15, 0.2) is 73.2 Å². The highest BCUT2D eigenvalue weighted by molar-refractivity contribution is 5.93. The molecule has 0 bridgehead atoms. The van der Waals surface area contributed by atoms with Crippen molar-refractivity contribution < 1.29 is 4.79 Å². The van der Waals surface area contributed by atoms with Gasteiger partial charge in [0, 0.05) is 49.1 Å². The second kappa shape index (κ2) is 9.22. The summed E-state index contributed by atoms with van der Waals surface area (Å²) in [6, 6.07) is 18.4. The monoisotopic (exact) mass is 399 g/mol. The van der Waals surface area contributed by atoms with Crippen LogP contribution in [0.25, 0.3) is 10.9 Å². The van der Waals surface area contributed by atoms with Gasteiger partial charge in [-0.15, -0.1) is 0 Å². The van der Waals surface area contributed by atoms with E-state index in [1.165, 1.54) is 16.5 Å². The summed E-state index contributed by atoms with van der Waals surface area (Å²) in [5, 5.41) is 4.15. The minimum absolute atomic E-state index is 0.160. The maximum Gasteiger partial charge on any atom is 0.254 e. The molecule has 4 aromatic rings. The van der Waals surface area contributed by atoms with Crippen LogP contribution in [0, 0.1) is 0 Å². The summed E-state index contributed by atoms with van der Waals surface area (Å²) in [6.45, 7) is 4.13. The van der Waals surface area contributed by atoms with E-state index < -0.39 is 0 Å². The number of carbonyl (C=O) groups is 1. The van der Waals surface area contributed by atoms with Gasteiger partial charge < -0.3 is 15.2 Å². The number of H-pyrrole nitrogens is 1. The zero-order chi connectivity index (χ0) is 20.8. The summed E-state index contributed by atoms with van der Waals surface area (Å²) in [5.74, 6) is 0.462. The first-order valence-electron chi connectivity index (χ1n) is 10.2. The molecule has 30 heavy (non-hydrogen) atoms. The number of nitrogens with zero attached hydrogens (tertiary/aromatic N) is 3. The zero-order valence-electron chi connectivity index (χ0n) is 17.0. The van der Waals surface area contributed by atoms with Crippen molar-refractivity contribution in [1.29, 1.82) is 0 Å². The third-order valence-corrected chi connectivity index (χ3v) is 5.14. The molecule has 0 radical (unpaired) electrons. The normalized spacial score (nSPS) is 10.8. The minimum atomic E-state index is -0.160. The van der Waals surface area contributed by atoms with Crippen molar-refractivity contribution in [3.63, 3.8) is 0 Å². The Morgan fingerprint density at radius 2 is 1.77 bits per heavy atom. The number of hydrogen-bond donors (Lipinski definition) is 2. The summed E-state index contributed by atoms with van der Waals surface area (Å²) in [7, 11) is 0. The summed E-state index contributed by atoms with van der Waals surface area (Å²) in [5.41, 5.74) is 3.96. The first-order valence-corrected chi connectivity index (χ1v) is 10.2. The molecule has 0 saturated carbocycles. The van der Waals surface area contributed by atoms with Gasteiger partial charge in [0.15, 0.2) is 0 Å². The Labute approximate surface area is 176 Å². The highest BCUT2D eigenvalue weighted by atomic mass is 16.1. The average Bonchev–Trinajstić information content (AvgIpc) is 3.21. The van der Waals surface area contributed by atoms with E-state index in [2.05, 4.69) is 50.3 Å². The number of fused-ring (bicyclic) bond motifs is 1. The van der Waals surface area contributed by atoms with E-state index in [4.69, 9.17) is 0 Å². The lowest BCUT2D eigenvalue weighted by atomic mass is 10.1. The van der Waals surface area contributed by atoms with Gasteiger partial charge >= 0.3 is 0 Å². The van der Waals surface area contributed by atoms with E-state index in [1.807, 2.05) is 42.6 Å². The third-order valence-electron chi connectivity index (χ3n) is 5.14. The van der Waals surface area contributed by atoms with E-state index in [0.29, 0.717) is 18.1 Å². The molecule has 2 N–H and O–H groups in total. The van der Waals surface area contributed by atoms with E-state index >= 15 is 0 Å². The maximum atomic E-state index is 12.5. The van der Waals surface area contributed by atoms with Gasteiger partial charge in [-0.2, -0.15) is 0 Å². The second-order valence-corrected chi connectivity index (χ2v) is 7.14. The molecule has 0 fully saturated rings. The molecule has 0 aliphatic carbocycles. The van der Waals surface area contributed by atoms with Gasteiger partial charge in [0.05, 0.1) is 5.56 Å². The molecule has 0 spiro atoms. The summed E-state index contributed by atoms with van der Waals surface area (Å²) >= 11 is 0. The Bertz CT molecular complexity index is 1110. The Morgan fingerprint density at radius 3 is 2.53 bits per heavy atom. The van der Waals surface area contributed by atoms with Crippen LogP contribution in [0.4, 0.5) is 5.95 Å². The van der Waals surface area contributed by atoms with E-state index in [9.17, 15) is 4.79 Å². The fourth-order valence-electron chi connectivity index (χ4n) is 3.48. The van der Waals surface area contributed by atoms with Gasteiger partial charge in [-0.25, -0.2) is 9.97 Å². The Hall–Kier alpha value is -3.67. The Morgan fingerprint density at radius 1 is 1.03 bits per heavy atom. The predicted octanol–water partition coefficient (Wildman–Crippen LogP) is 3.96. The molecule has 2 aromatic heterocycles. The van der Waals surface area contributed by atoms with Crippen LogP contribution in [0.1, 0.15) is 28.4 Å². The summed E-state index contributed by atoms with van der Waals surface area (Å²) in [6.07, 6.45) is 5.95. The third kappa shape index (κ3) is 4.49. The lowest BCUT2D eigenvalue weighted by molar-refractivity contribution is 0.0953. The SMILES string of the molecule is CCN(Cc1ccccc1)c1ncc(C(=O)NCCc2c[nH]c3ccccc23)cn1. The maximum absolute atomic E-state index is 12.5. The van der Waals surface area contributed by atoms with Gasteiger partial charge in [-0.1, -0.05) is 48.5 Å². The molecule has 0 saturated heterocycles. The zero-order valence-corrected chi connectivity index (χ0v) is 17.0. The molecule has 2 aromatic carbocycles. The Balaban J connectivity index is 1.34. The number of rotatable bonds is 8. The fraction of sp³-hybridized carbons (Fsp3) is 0.208. The second-order valence-electron chi connectivity index (χ2n) is 7.14. The molecule has 1 amide bonds. The van der Waals surface area contributed by atoms with Gasteiger partial charge in [0.1, 0.15) is 0 Å². The standard InChI is InChI=1S/C24H25N5O/c1-2-29(17-18-8-4-3-5-9-18)24-27-15-20(16-28-24)23(30)25-13-12-19-14-26-22-11-7-6-10-21(19)22/h3-11,14-16,26H,2,12-13,17H2,1H3,(H,25,30). The lowest BCUT2D eigenvalue weighted by Gasteiger charge is -2.20. The number of nitrogens with one attached hydrogen (secondary N) is 2. The van der Waals surface area contributed by atoms with Crippen LogP contribution in [0.2, 0.25) is 0 Å². The molecule has 2 heterocycles. The van der Waals surface area contributed by atoms with Crippen molar-refractivity contribution in [1.82, 2.24) is 20.3 Å². The lowest BCUT2D eigenvalue weighted by Crippen LogP contribution is -2.27. The van der Waals surface area contributed by atoms with Crippen molar-refractivity contribution in [3.05, 3.63) is 89.9 Å². The highest BCUT2D eigenvalue weighted by Crippen LogP contribution is 2.17. The molecular weight excluding hydrogens is 374 g/mol. The van der Waals surface area contributed by atoms with Crippen molar-refractivity contribution in [2.45, 2.75) is 19.9 Å². The first kappa shape index (κ1) is 19.6. The number of para-hydroxylation sites is 1. The minimum Gasteiger partial charge on any atom is -0.361 e. The van der Waals surface area contributed by atoms with Crippen LogP contribution in [0.3, 0.4) is 0 Å². The van der Waals surface area contributed by atoms with Gasteiger partial charge in [0.2, 0.25) is 5.95 Å². The number of aromatic amines is 1. The van der Waals surface area contributed by atoms with Gasteiger partial charge in [-0.05, 0) is 30.5 Å². The van der Waals surface area contributed by atoms with Crippen LogP contribution in [-0.4, -0.2) is 33.9 Å². The van der Waals surface area contributed by atoms with Crippen molar-refractivity contribution in [2.24, 2.45) is 0 Å². The van der Waals surface area contributed by atoms with Gasteiger partial charge in [-0.3, -0.25) is 4.79 Å². The number of carbonyl (C=O) groups excluding carboxylic acids is 1. The molecule has 152 valence electrons. The van der Waals surface area contributed by atoms with Crippen LogP contribution >= 0.6 is 0 Å². The molecule has 0 unspecified atom stereocenters. The molecule has 4 rings (SSSR count). The molecule has 0 aliphatic heterocycles. The number of aromatic nitrogens is 3. The van der Waals surface area contributed by atoms with Gasteiger partial charge in [0.25, 0.3) is 5.91 Å². The summed E-state index contributed by atoms with van der Waals surface area (Å²) in [4.78, 5) is 26.6. The van der Waals surface area contributed by atoms with E-state index in [1.54, 1.807) is 12.4 Å². The number of anilines is 1. The predicted molar refractivity (Wildman–Crippen MR) is 120 cm³/mol. The average molecular weight is 399 g/mol. The molecule has 6 heteroatoms. The molecule has 6 nitrogen and oxygen atoms in total. The highest BCUT2D eigenvalue weighted by Gasteiger charge is 2.11. The van der Waals surface area contributed by atoms with Crippen LogP contribution in [-0.2, 0) is 13.0 Å². The van der Waals surface area contributed by atoms with Crippen LogP contribution < -0.4 is 10.2 Å². The van der Waals surface area contributed by atoms with Crippen molar-refractivity contribution >= 4 is 22.8 Å². The topological polar surface area (TPSA) is 73.9 Å². The molecular formula is C24H25N5O. The number of hydrogen-bond acceptors (Lipinski definition) is 4. The number of benzene rings is 2. The fourth-order valence-corrected chi connectivity index (χ4v) is 3.48. The number of amides is 1. The molecule has 0 aliphatic rings. The largest absolute Gasteiger partial charge is 0.361 e. The van der Waals surface area contributed by atoms with Crippen molar-refractivity contribution in [2.75, 3.05) is 18.0 Å². The van der Waals surface area contributed by atoms with E-state index in [0.717, 1.165) is 25.0 Å². The van der Waals surface area contributed by atoms with E-state index in [-0.39, 0.29) is 5.91 Å². The summed E-state index contributed by atoms with van der Waals surface area (Å²) < 4.78 is 0. The quantitative estimate of drug-likeness (QED) is 0.470. The smallest absolute Gasteiger partial charge is 0.254 e. The first-order chi connectivity index (χ1) is 14.7. The Kier molecular flexibility index (Phi) is 6.03. The van der Waals surface area contributed by atoms with Crippen LogP contribution in [0.5, 0.6) is 0 Å². The van der Waals surface area contributed by atoms with Crippen molar-refractivity contribution in [3.8, 4) is 0 Å². The molecule has 0 atom stereocenters.